The first-order chi connectivity index (χ1) is 8.97. The molecule has 0 saturated carbocycles. The highest BCUT2D eigenvalue weighted by Gasteiger charge is 2.17. The van der Waals surface area contributed by atoms with E-state index >= 15 is 0 Å². The number of aliphatic hydroxyl groups is 1. The lowest BCUT2D eigenvalue weighted by molar-refractivity contribution is 0.156. The Bertz CT molecular complexity index is 710. The summed E-state index contributed by atoms with van der Waals surface area (Å²) in [5, 5.41) is 9.98. The van der Waals surface area contributed by atoms with Crippen molar-refractivity contribution in [3.63, 3.8) is 0 Å². The Morgan fingerprint density at radius 2 is 2.00 bits per heavy atom. The maximum Gasteiger partial charge on any atom is 0.332 e. The second-order valence-corrected chi connectivity index (χ2v) is 4.68. The van der Waals surface area contributed by atoms with Gasteiger partial charge in [0.1, 0.15) is 17.4 Å². The zero-order chi connectivity index (χ0) is 14.2. The number of aliphatic hydroxyl groups excluding tert-OH is 1. The summed E-state index contributed by atoms with van der Waals surface area (Å²) in [6.07, 6.45) is 1.67. The van der Waals surface area contributed by atoms with Crippen molar-refractivity contribution in [1.29, 1.82) is 0 Å². The Morgan fingerprint density at radius 3 is 2.63 bits per heavy atom. The fourth-order valence-corrected chi connectivity index (χ4v) is 2.04. The molecule has 0 spiro atoms. The maximum atomic E-state index is 11.9. The zero-order valence-corrected chi connectivity index (χ0v) is 11.3. The standard InChI is InChI=1S/C12H18N4O3/c1-4-5-6-7(17)9-13-8-10(14-9)15(2)12(19)16(3)11(8)18/h7,17H,4-6H2,1-3H3,(H,13,14). The van der Waals surface area contributed by atoms with Gasteiger partial charge in [0.2, 0.25) is 0 Å². The van der Waals surface area contributed by atoms with Crippen molar-refractivity contribution in [2.45, 2.75) is 32.3 Å². The van der Waals surface area contributed by atoms with Gasteiger partial charge in [0.05, 0.1) is 0 Å². The first-order valence-corrected chi connectivity index (χ1v) is 6.31. The third-order valence-corrected chi connectivity index (χ3v) is 3.26. The van der Waals surface area contributed by atoms with E-state index in [0.717, 1.165) is 17.4 Å². The quantitative estimate of drug-likeness (QED) is 0.825. The van der Waals surface area contributed by atoms with E-state index in [9.17, 15) is 14.7 Å². The van der Waals surface area contributed by atoms with E-state index in [1.165, 1.54) is 11.6 Å². The molecule has 0 amide bonds. The van der Waals surface area contributed by atoms with Crippen LogP contribution in [0, 0.1) is 0 Å². The molecule has 1 unspecified atom stereocenters. The molecule has 7 nitrogen and oxygen atoms in total. The summed E-state index contributed by atoms with van der Waals surface area (Å²) < 4.78 is 2.31. The average molecular weight is 266 g/mol. The van der Waals surface area contributed by atoms with E-state index in [4.69, 9.17) is 0 Å². The lowest BCUT2D eigenvalue weighted by Gasteiger charge is -2.05. The van der Waals surface area contributed by atoms with Crippen molar-refractivity contribution >= 4 is 11.2 Å². The first-order valence-electron chi connectivity index (χ1n) is 6.31. The van der Waals surface area contributed by atoms with Crippen LogP contribution < -0.4 is 11.2 Å². The number of aromatic nitrogens is 4. The highest BCUT2D eigenvalue weighted by atomic mass is 16.3. The molecule has 0 radical (unpaired) electrons. The molecular weight excluding hydrogens is 248 g/mol. The van der Waals surface area contributed by atoms with Gasteiger partial charge in [-0.05, 0) is 6.42 Å². The van der Waals surface area contributed by atoms with Crippen LogP contribution in [0.4, 0.5) is 0 Å². The van der Waals surface area contributed by atoms with Gasteiger partial charge in [0, 0.05) is 14.1 Å². The monoisotopic (exact) mass is 266 g/mol. The SMILES string of the molecule is CCCCC(O)c1nc2c([nH]1)c(=O)n(C)c(=O)n2C. The van der Waals surface area contributed by atoms with Gasteiger partial charge in [-0.15, -0.1) is 0 Å². The molecule has 2 heterocycles. The second kappa shape index (κ2) is 5.00. The van der Waals surface area contributed by atoms with Crippen LogP contribution in [-0.2, 0) is 14.1 Å². The summed E-state index contributed by atoms with van der Waals surface area (Å²) >= 11 is 0. The van der Waals surface area contributed by atoms with Crippen molar-refractivity contribution < 1.29 is 5.11 Å². The molecule has 0 aliphatic heterocycles. The molecule has 2 aromatic heterocycles. The van der Waals surface area contributed by atoms with Crippen LogP contribution in [0.15, 0.2) is 9.59 Å². The van der Waals surface area contributed by atoms with E-state index in [1.807, 2.05) is 6.92 Å². The Kier molecular flexibility index (Phi) is 3.57. The van der Waals surface area contributed by atoms with Crippen LogP contribution in [0.25, 0.3) is 11.2 Å². The number of imidazole rings is 1. The van der Waals surface area contributed by atoms with Crippen molar-refractivity contribution in [3.8, 4) is 0 Å². The number of hydrogen-bond donors (Lipinski definition) is 2. The van der Waals surface area contributed by atoms with Gasteiger partial charge in [-0.3, -0.25) is 13.9 Å². The maximum absolute atomic E-state index is 11.9. The highest BCUT2D eigenvalue weighted by Crippen LogP contribution is 2.17. The van der Waals surface area contributed by atoms with Crippen molar-refractivity contribution in [3.05, 3.63) is 26.7 Å². The molecule has 0 aliphatic carbocycles. The largest absolute Gasteiger partial charge is 0.385 e. The molecule has 2 aromatic rings. The number of fused-ring (bicyclic) bond motifs is 1. The minimum absolute atomic E-state index is 0.246. The zero-order valence-electron chi connectivity index (χ0n) is 11.3. The Balaban J connectivity index is 2.58. The normalized spacial score (nSPS) is 13.1. The highest BCUT2D eigenvalue weighted by molar-refractivity contribution is 5.69. The lowest BCUT2D eigenvalue weighted by atomic mass is 10.1. The molecule has 0 aromatic carbocycles. The van der Waals surface area contributed by atoms with E-state index in [1.54, 1.807) is 7.05 Å². The number of aromatic amines is 1. The van der Waals surface area contributed by atoms with Gasteiger partial charge < -0.3 is 10.1 Å². The van der Waals surface area contributed by atoms with Crippen LogP contribution in [0.3, 0.4) is 0 Å². The fraction of sp³-hybridized carbons (Fsp3) is 0.583. The predicted molar refractivity (Wildman–Crippen MR) is 71.1 cm³/mol. The van der Waals surface area contributed by atoms with Crippen LogP contribution in [-0.4, -0.2) is 24.2 Å². The number of nitrogens with zero attached hydrogens (tertiary/aromatic N) is 3. The van der Waals surface area contributed by atoms with Crippen LogP contribution in [0.1, 0.15) is 38.1 Å². The summed E-state index contributed by atoms with van der Waals surface area (Å²) in [6.45, 7) is 2.03. The van der Waals surface area contributed by atoms with Gasteiger partial charge in [-0.1, -0.05) is 19.8 Å². The molecule has 0 fully saturated rings. The van der Waals surface area contributed by atoms with Crippen molar-refractivity contribution in [2.75, 3.05) is 0 Å². The number of rotatable bonds is 4. The van der Waals surface area contributed by atoms with Crippen LogP contribution in [0.5, 0.6) is 0 Å². The lowest BCUT2D eigenvalue weighted by Crippen LogP contribution is -2.36. The topological polar surface area (TPSA) is 92.9 Å². The molecule has 19 heavy (non-hydrogen) atoms. The van der Waals surface area contributed by atoms with Crippen LogP contribution in [0.2, 0.25) is 0 Å². The molecule has 2 N–H and O–H groups in total. The number of aryl methyl sites for hydroxylation is 1. The molecule has 0 saturated heterocycles. The Hall–Kier alpha value is -1.89. The molecule has 0 aliphatic rings. The minimum atomic E-state index is -0.743. The smallest absolute Gasteiger partial charge is 0.332 e. The summed E-state index contributed by atoms with van der Waals surface area (Å²) in [5.74, 6) is 0.335. The second-order valence-electron chi connectivity index (χ2n) is 4.68. The summed E-state index contributed by atoms with van der Waals surface area (Å²) in [7, 11) is 2.96. The third kappa shape index (κ3) is 2.21. The number of hydrogen-bond acceptors (Lipinski definition) is 4. The summed E-state index contributed by atoms with van der Waals surface area (Å²) in [5.41, 5.74) is -0.341. The molecule has 1 atom stereocenters. The Labute approximate surface area is 109 Å². The average Bonchev–Trinajstić information content (AvgIpc) is 2.85. The van der Waals surface area contributed by atoms with Crippen LogP contribution >= 0.6 is 0 Å². The van der Waals surface area contributed by atoms with E-state index < -0.39 is 17.4 Å². The van der Waals surface area contributed by atoms with E-state index in [2.05, 4.69) is 9.97 Å². The Morgan fingerprint density at radius 1 is 1.32 bits per heavy atom. The minimum Gasteiger partial charge on any atom is -0.385 e. The fourth-order valence-electron chi connectivity index (χ4n) is 2.04. The third-order valence-electron chi connectivity index (χ3n) is 3.26. The van der Waals surface area contributed by atoms with Crippen molar-refractivity contribution in [2.24, 2.45) is 14.1 Å². The number of unbranched alkanes of at least 4 members (excludes halogenated alkanes) is 1. The first kappa shape index (κ1) is 13.5. The molecule has 0 bridgehead atoms. The number of H-pyrrole nitrogens is 1. The molecule has 7 heteroatoms. The number of nitrogens with one attached hydrogen (secondary N) is 1. The van der Waals surface area contributed by atoms with Gasteiger partial charge in [0.15, 0.2) is 5.65 Å². The van der Waals surface area contributed by atoms with E-state index in [-0.39, 0.29) is 11.2 Å². The summed E-state index contributed by atoms with van der Waals surface area (Å²) in [4.78, 5) is 30.7. The predicted octanol–water partition coefficient (Wildman–Crippen LogP) is 0.184. The molecule has 2 rings (SSSR count). The molecule has 104 valence electrons. The van der Waals surface area contributed by atoms with E-state index in [0.29, 0.717) is 12.2 Å². The van der Waals surface area contributed by atoms with Gasteiger partial charge >= 0.3 is 5.69 Å². The van der Waals surface area contributed by atoms with Gasteiger partial charge in [0.25, 0.3) is 5.56 Å². The van der Waals surface area contributed by atoms with Gasteiger partial charge in [-0.2, -0.15) is 0 Å². The molecular formula is C12H18N4O3. The van der Waals surface area contributed by atoms with Gasteiger partial charge in [-0.25, -0.2) is 9.78 Å². The summed E-state index contributed by atoms with van der Waals surface area (Å²) in [6, 6.07) is 0. The van der Waals surface area contributed by atoms with Crippen molar-refractivity contribution in [1.82, 2.24) is 19.1 Å².